The van der Waals surface area contributed by atoms with Crippen molar-refractivity contribution in [1.82, 2.24) is 0 Å². The second-order valence-corrected chi connectivity index (χ2v) is 4.89. The molecule has 0 unspecified atom stereocenters. The number of hydrogen-bond donors (Lipinski definition) is 0. The summed E-state index contributed by atoms with van der Waals surface area (Å²) in [6.07, 6.45) is 7.74. The highest BCUT2D eigenvalue weighted by atomic mass is 31.1. The molecule has 0 aromatic heterocycles. The molecule has 0 aromatic carbocycles. The van der Waals surface area contributed by atoms with Gasteiger partial charge in [-0.15, -0.1) is 0 Å². The Morgan fingerprint density at radius 3 is 1.90 bits per heavy atom. The zero-order valence-corrected chi connectivity index (χ0v) is 8.32. The maximum atomic E-state index is 2.41. The van der Waals surface area contributed by atoms with Crippen molar-refractivity contribution >= 4 is 7.92 Å². The molecule has 0 saturated heterocycles. The Morgan fingerprint density at radius 2 is 1.60 bits per heavy atom. The van der Waals surface area contributed by atoms with Gasteiger partial charge < -0.3 is 0 Å². The van der Waals surface area contributed by atoms with Crippen LogP contribution in [0.25, 0.3) is 0 Å². The van der Waals surface area contributed by atoms with Gasteiger partial charge in [0, 0.05) is 0 Å². The molecule has 0 saturated carbocycles. The average molecular weight is 158 g/mol. The van der Waals surface area contributed by atoms with E-state index in [9.17, 15) is 0 Å². The van der Waals surface area contributed by atoms with Gasteiger partial charge in [-0.05, 0) is 19.2 Å². The van der Waals surface area contributed by atoms with Crippen molar-refractivity contribution in [2.75, 3.05) is 12.3 Å². The number of rotatable bonds is 5. The van der Waals surface area contributed by atoms with Gasteiger partial charge in [0.15, 0.2) is 0 Å². The van der Waals surface area contributed by atoms with Gasteiger partial charge in [-0.2, -0.15) is 0 Å². The average Bonchev–Trinajstić information content (AvgIpc) is 1.90. The van der Waals surface area contributed by atoms with Crippen molar-refractivity contribution < 1.29 is 0 Å². The minimum absolute atomic E-state index is 0.258. The van der Waals surface area contributed by atoms with Gasteiger partial charge in [-0.3, -0.25) is 0 Å². The summed E-state index contributed by atoms with van der Waals surface area (Å²) >= 11 is 0. The zero-order chi connectivity index (χ0) is 7.82. The van der Waals surface area contributed by atoms with Crippen LogP contribution in [0.1, 0.15) is 33.6 Å². The lowest BCUT2D eigenvalue weighted by Gasteiger charge is -2.09. The first-order chi connectivity index (χ1) is 4.85. The van der Waals surface area contributed by atoms with E-state index in [0.29, 0.717) is 0 Å². The first kappa shape index (κ1) is 10.2. The van der Waals surface area contributed by atoms with Gasteiger partial charge >= 0.3 is 0 Å². The topological polar surface area (TPSA) is 0 Å². The fourth-order valence-electron chi connectivity index (χ4n) is 1.05. The molecule has 0 aliphatic carbocycles. The minimum Gasteiger partial charge on any atom is -0.0872 e. The van der Waals surface area contributed by atoms with Gasteiger partial charge in [-0.1, -0.05) is 46.5 Å². The summed E-state index contributed by atoms with van der Waals surface area (Å²) < 4.78 is 0. The first-order valence-corrected chi connectivity index (χ1v) is 6.00. The molecule has 0 nitrogen and oxygen atoms in total. The van der Waals surface area contributed by atoms with E-state index in [4.69, 9.17) is 0 Å². The monoisotopic (exact) mass is 158 g/mol. The molecular weight excluding hydrogens is 139 g/mol. The predicted octanol–water partition coefficient (Wildman–Crippen LogP) is 3.82. The Kier molecular flexibility index (Phi) is 7.40. The van der Waals surface area contributed by atoms with Crippen LogP contribution < -0.4 is 0 Å². The smallest absolute Gasteiger partial charge is 0.0294 e. The Hall–Kier alpha value is 0.170. The van der Waals surface area contributed by atoms with Crippen molar-refractivity contribution in [2.45, 2.75) is 33.6 Å². The van der Waals surface area contributed by atoms with E-state index >= 15 is 0 Å². The summed E-state index contributed by atoms with van der Waals surface area (Å²) in [5.74, 6) is 2.41. The molecule has 0 rings (SSSR count). The molecule has 0 atom stereocenters. The molecule has 0 aliphatic heterocycles. The molecule has 0 spiro atoms. The molecule has 0 radical (unpaired) electrons. The van der Waals surface area contributed by atoms with Crippen LogP contribution in [0.4, 0.5) is 0 Å². The molecule has 0 amide bonds. The van der Waals surface area contributed by atoms with Gasteiger partial charge in [0.2, 0.25) is 0 Å². The lowest BCUT2D eigenvalue weighted by Crippen LogP contribution is -1.84. The fraction of sp³-hybridized carbons (Fsp3) is 0.778. The summed E-state index contributed by atoms with van der Waals surface area (Å²) in [5.41, 5.74) is 0. The molecule has 0 bridgehead atoms. The first-order valence-electron chi connectivity index (χ1n) is 4.22. The largest absolute Gasteiger partial charge is 0.0872 e. The molecule has 0 aromatic rings. The van der Waals surface area contributed by atoms with Crippen molar-refractivity contribution in [2.24, 2.45) is 0 Å². The van der Waals surface area contributed by atoms with Crippen molar-refractivity contribution in [1.29, 1.82) is 0 Å². The maximum Gasteiger partial charge on any atom is -0.0294 e. The van der Waals surface area contributed by atoms with E-state index in [-0.39, 0.29) is 7.92 Å². The zero-order valence-electron chi connectivity index (χ0n) is 7.43. The minimum atomic E-state index is 0.258. The van der Waals surface area contributed by atoms with Crippen LogP contribution in [0.2, 0.25) is 0 Å². The molecule has 60 valence electrons. The van der Waals surface area contributed by atoms with Gasteiger partial charge in [0.1, 0.15) is 0 Å². The predicted molar refractivity (Wildman–Crippen MR) is 52.1 cm³/mol. The Balaban J connectivity index is 3.50. The standard InChI is InChI=1S/C9H19P/c1-4-7-10(8-5-2)9-6-3/h4,7H,5-6,8-9H2,1-3H3. The van der Waals surface area contributed by atoms with Crippen LogP contribution in [0, 0.1) is 0 Å². The molecule has 0 aliphatic rings. The third-order valence-electron chi connectivity index (χ3n) is 1.38. The van der Waals surface area contributed by atoms with Gasteiger partial charge in [-0.25, -0.2) is 0 Å². The summed E-state index contributed by atoms with van der Waals surface area (Å²) in [7, 11) is 0.258. The van der Waals surface area contributed by atoms with E-state index < -0.39 is 0 Å². The van der Waals surface area contributed by atoms with Crippen molar-refractivity contribution in [3.63, 3.8) is 0 Å². The maximum absolute atomic E-state index is 2.41. The Labute approximate surface area is 66.5 Å². The fourth-order valence-corrected chi connectivity index (χ4v) is 3.14. The van der Waals surface area contributed by atoms with E-state index in [1.165, 1.54) is 25.2 Å². The lowest BCUT2D eigenvalue weighted by atomic mass is 10.6. The van der Waals surface area contributed by atoms with E-state index in [2.05, 4.69) is 32.7 Å². The summed E-state index contributed by atoms with van der Waals surface area (Å²) in [5, 5.41) is 0. The van der Waals surface area contributed by atoms with Crippen LogP contribution >= 0.6 is 7.92 Å². The molecule has 0 N–H and O–H groups in total. The van der Waals surface area contributed by atoms with Gasteiger partial charge in [0.25, 0.3) is 0 Å². The van der Waals surface area contributed by atoms with Crippen molar-refractivity contribution in [3.8, 4) is 0 Å². The van der Waals surface area contributed by atoms with Crippen LogP contribution in [-0.4, -0.2) is 12.3 Å². The van der Waals surface area contributed by atoms with Gasteiger partial charge in [0.05, 0.1) is 0 Å². The molecule has 0 heterocycles. The molecule has 10 heavy (non-hydrogen) atoms. The third-order valence-corrected chi connectivity index (χ3v) is 4.14. The third kappa shape index (κ3) is 4.99. The Bertz CT molecular complexity index is 80.7. The second kappa shape index (κ2) is 7.28. The van der Waals surface area contributed by atoms with Crippen LogP contribution in [-0.2, 0) is 0 Å². The number of allylic oxidation sites excluding steroid dienone is 1. The summed E-state index contributed by atoms with van der Waals surface area (Å²) in [6, 6.07) is 0. The highest BCUT2D eigenvalue weighted by molar-refractivity contribution is 7.60. The van der Waals surface area contributed by atoms with Crippen molar-refractivity contribution in [3.05, 3.63) is 11.9 Å². The van der Waals surface area contributed by atoms with Crippen LogP contribution in [0.3, 0.4) is 0 Å². The second-order valence-electron chi connectivity index (χ2n) is 2.52. The van der Waals surface area contributed by atoms with E-state index in [0.717, 1.165) is 0 Å². The molecule has 0 fully saturated rings. The summed E-state index contributed by atoms with van der Waals surface area (Å²) in [4.78, 5) is 0. The normalized spacial score (nSPS) is 11.6. The SMILES string of the molecule is CC=CP(CCC)CCC. The Morgan fingerprint density at radius 1 is 1.10 bits per heavy atom. The van der Waals surface area contributed by atoms with Crippen LogP contribution in [0.5, 0.6) is 0 Å². The quantitative estimate of drug-likeness (QED) is 0.533. The van der Waals surface area contributed by atoms with E-state index in [1.54, 1.807) is 0 Å². The highest BCUT2D eigenvalue weighted by Crippen LogP contribution is 2.38. The van der Waals surface area contributed by atoms with Crippen LogP contribution in [0.15, 0.2) is 11.9 Å². The van der Waals surface area contributed by atoms with E-state index in [1.807, 2.05) is 0 Å². The molecular formula is C9H19P. The molecule has 1 heteroatoms. The highest BCUT2D eigenvalue weighted by Gasteiger charge is 1.98. The lowest BCUT2D eigenvalue weighted by molar-refractivity contribution is 1.06. The summed E-state index contributed by atoms with van der Waals surface area (Å²) in [6.45, 7) is 6.67. The number of hydrogen-bond acceptors (Lipinski definition) is 0.